The molecule has 0 spiro atoms. The summed E-state index contributed by atoms with van der Waals surface area (Å²) in [5, 5.41) is 4.67. The van der Waals surface area contributed by atoms with Gasteiger partial charge in [-0.25, -0.2) is 9.18 Å². The molecule has 0 aliphatic rings. The predicted molar refractivity (Wildman–Crippen MR) is 96.4 cm³/mol. The average molecular weight is 358 g/mol. The first kappa shape index (κ1) is 15.7. The second-order valence-corrected chi connectivity index (χ2v) is 6.08. The van der Waals surface area contributed by atoms with Crippen molar-refractivity contribution >= 4 is 39.3 Å². The molecule has 25 heavy (non-hydrogen) atoms. The normalized spacial score (nSPS) is 11.4. The first-order valence-corrected chi connectivity index (χ1v) is 7.96. The minimum atomic E-state index is -0.535. The van der Waals surface area contributed by atoms with Crippen LogP contribution in [0.3, 0.4) is 0 Å². The lowest BCUT2D eigenvalue weighted by Crippen LogP contribution is -2.24. The van der Waals surface area contributed by atoms with Crippen LogP contribution < -0.4 is 11.0 Å². The van der Waals surface area contributed by atoms with Crippen LogP contribution in [0.5, 0.6) is 0 Å². The molecule has 0 saturated carbocycles. The lowest BCUT2D eigenvalue weighted by atomic mass is 10.1. The molecule has 0 bridgehead atoms. The Bertz CT molecular complexity index is 1200. The van der Waals surface area contributed by atoms with Crippen molar-refractivity contribution in [3.8, 4) is 5.69 Å². The largest absolute Gasteiger partial charge is 0.463 e. The number of hydrogen-bond acceptors (Lipinski definition) is 4. The maximum absolute atomic E-state index is 13.8. The maximum atomic E-state index is 13.8. The zero-order valence-electron chi connectivity index (χ0n) is 13.4. The molecule has 1 N–H and O–H groups in total. The van der Waals surface area contributed by atoms with Gasteiger partial charge in [0.1, 0.15) is 17.2 Å². The molecular formula is C18H13ClFN3O2. The van der Waals surface area contributed by atoms with Gasteiger partial charge in [-0.3, -0.25) is 4.57 Å². The number of fused-ring (bicyclic) bond motifs is 3. The quantitative estimate of drug-likeness (QED) is 0.582. The van der Waals surface area contributed by atoms with Crippen molar-refractivity contribution in [1.82, 2.24) is 9.55 Å². The highest BCUT2D eigenvalue weighted by molar-refractivity contribution is 6.37. The molecule has 0 radical (unpaired) electrons. The average Bonchev–Trinajstić information content (AvgIpc) is 3.07. The molecule has 0 aliphatic heterocycles. The molecule has 0 aliphatic carbocycles. The second kappa shape index (κ2) is 5.60. The van der Waals surface area contributed by atoms with E-state index in [0.29, 0.717) is 38.4 Å². The van der Waals surface area contributed by atoms with Crippen LogP contribution in [0, 0.1) is 12.7 Å². The van der Waals surface area contributed by atoms with Crippen LogP contribution in [0.15, 0.2) is 45.8 Å². The summed E-state index contributed by atoms with van der Waals surface area (Å²) in [6, 6.07) is 7.68. The topological polar surface area (TPSA) is 60.1 Å². The zero-order valence-corrected chi connectivity index (χ0v) is 14.2. The van der Waals surface area contributed by atoms with Crippen molar-refractivity contribution in [3.63, 3.8) is 0 Å². The molecule has 126 valence electrons. The molecule has 2 heterocycles. The number of anilines is 1. The van der Waals surface area contributed by atoms with Crippen molar-refractivity contribution in [2.45, 2.75) is 6.92 Å². The van der Waals surface area contributed by atoms with Gasteiger partial charge in [-0.2, -0.15) is 4.98 Å². The Morgan fingerprint density at radius 3 is 2.84 bits per heavy atom. The highest BCUT2D eigenvalue weighted by atomic mass is 35.5. The van der Waals surface area contributed by atoms with E-state index in [0.717, 1.165) is 5.56 Å². The molecule has 5 nitrogen and oxygen atoms in total. The fourth-order valence-electron chi connectivity index (χ4n) is 3.02. The van der Waals surface area contributed by atoms with Crippen molar-refractivity contribution < 1.29 is 8.81 Å². The summed E-state index contributed by atoms with van der Waals surface area (Å²) in [5.41, 5.74) is 1.62. The van der Waals surface area contributed by atoms with Gasteiger partial charge in [0, 0.05) is 12.4 Å². The van der Waals surface area contributed by atoms with Crippen LogP contribution in [-0.4, -0.2) is 16.6 Å². The van der Waals surface area contributed by atoms with E-state index in [2.05, 4.69) is 10.3 Å². The monoisotopic (exact) mass is 357 g/mol. The minimum Gasteiger partial charge on any atom is -0.463 e. The molecule has 2 aromatic carbocycles. The second-order valence-electron chi connectivity index (χ2n) is 5.68. The highest BCUT2D eigenvalue weighted by Crippen LogP contribution is 2.36. The Kier molecular flexibility index (Phi) is 3.51. The molecular weight excluding hydrogens is 345 g/mol. The lowest BCUT2D eigenvalue weighted by Gasteiger charge is -2.15. The van der Waals surface area contributed by atoms with Crippen molar-refractivity contribution in [2.24, 2.45) is 0 Å². The van der Waals surface area contributed by atoms with Gasteiger partial charge in [0.25, 0.3) is 0 Å². The van der Waals surface area contributed by atoms with Gasteiger partial charge in [-0.1, -0.05) is 17.7 Å². The number of nitrogens with zero attached hydrogens (tertiary/aromatic N) is 2. The van der Waals surface area contributed by atoms with E-state index in [1.54, 1.807) is 32.2 Å². The van der Waals surface area contributed by atoms with Crippen LogP contribution >= 0.6 is 11.6 Å². The van der Waals surface area contributed by atoms with Gasteiger partial charge in [0.05, 0.1) is 27.9 Å². The van der Waals surface area contributed by atoms with E-state index in [1.165, 1.54) is 23.0 Å². The maximum Gasteiger partial charge on any atom is 0.354 e. The fraction of sp³-hybridized carbons (Fsp3) is 0.111. The van der Waals surface area contributed by atoms with E-state index in [4.69, 9.17) is 16.0 Å². The van der Waals surface area contributed by atoms with Crippen LogP contribution in [-0.2, 0) is 0 Å². The molecule has 0 fully saturated rings. The summed E-state index contributed by atoms with van der Waals surface area (Å²) in [4.78, 5) is 16.8. The van der Waals surface area contributed by atoms with Gasteiger partial charge in [-0.15, -0.1) is 0 Å². The Morgan fingerprint density at radius 1 is 1.28 bits per heavy atom. The standard InChI is InChI=1S/C18H13ClFN3O2/c1-9-3-4-10(20)7-13(9)23-14-8-12(19)11-5-6-25-16(11)15(14)17(21-2)22-18(23)24/h3-8H,1-2H3,(H,21,22,24). The van der Waals surface area contributed by atoms with Crippen LogP contribution in [0.1, 0.15) is 5.56 Å². The van der Waals surface area contributed by atoms with Crippen LogP contribution in [0.25, 0.3) is 27.6 Å². The lowest BCUT2D eigenvalue weighted by molar-refractivity contribution is 0.619. The molecule has 4 aromatic rings. The third-order valence-corrected chi connectivity index (χ3v) is 4.51. The Hall–Kier alpha value is -2.86. The highest BCUT2D eigenvalue weighted by Gasteiger charge is 2.19. The van der Waals surface area contributed by atoms with Gasteiger partial charge in [-0.05, 0) is 36.8 Å². The number of nitrogens with one attached hydrogen (secondary N) is 1. The SMILES string of the molecule is CNc1nc(=O)n(-c2cc(F)ccc2C)c2cc(Cl)c3ccoc3c12. The van der Waals surface area contributed by atoms with Crippen molar-refractivity contribution in [1.29, 1.82) is 0 Å². The first-order chi connectivity index (χ1) is 12.0. The molecule has 0 unspecified atom stereocenters. The molecule has 2 aromatic heterocycles. The smallest absolute Gasteiger partial charge is 0.354 e. The van der Waals surface area contributed by atoms with Gasteiger partial charge < -0.3 is 9.73 Å². The zero-order chi connectivity index (χ0) is 17.7. The summed E-state index contributed by atoms with van der Waals surface area (Å²) in [6.07, 6.45) is 1.53. The molecule has 7 heteroatoms. The Balaban J connectivity index is 2.26. The summed E-state index contributed by atoms with van der Waals surface area (Å²) >= 11 is 6.37. The first-order valence-electron chi connectivity index (χ1n) is 7.58. The summed E-state index contributed by atoms with van der Waals surface area (Å²) in [5.74, 6) is -0.0644. The third kappa shape index (κ3) is 2.29. The summed E-state index contributed by atoms with van der Waals surface area (Å²) < 4.78 is 20.7. The predicted octanol–water partition coefficient (Wildman–Crippen LogP) is 4.27. The number of aryl methyl sites for hydroxylation is 1. The minimum absolute atomic E-state index is 0.377. The Morgan fingerprint density at radius 2 is 2.08 bits per heavy atom. The van der Waals surface area contributed by atoms with E-state index in [1.807, 2.05) is 0 Å². The van der Waals surface area contributed by atoms with E-state index < -0.39 is 11.5 Å². The van der Waals surface area contributed by atoms with Crippen LogP contribution in [0.4, 0.5) is 10.2 Å². The van der Waals surface area contributed by atoms with E-state index in [-0.39, 0.29) is 0 Å². The summed E-state index contributed by atoms with van der Waals surface area (Å²) in [6.45, 7) is 1.80. The fourth-order valence-corrected chi connectivity index (χ4v) is 3.28. The molecule has 4 rings (SSSR count). The van der Waals surface area contributed by atoms with Gasteiger partial charge in [0.15, 0.2) is 0 Å². The molecule has 0 atom stereocenters. The number of halogens is 2. The number of furan rings is 1. The van der Waals surface area contributed by atoms with E-state index in [9.17, 15) is 9.18 Å². The molecule has 0 saturated heterocycles. The number of benzene rings is 2. The number of aromatic nitrogens is 2. The Labute approximate surface area is 146 Å². The number of hydrogen-bond donors (Lipinski definition) is 1. The van der Waals surface area contributed by atoms with Crippen LogP contribution in [0.2, 0.25) is 5.02 Å². The summed E-state index contributed by atoms with van der Waals surface area (Å²) in [7, 11) is 1.67. The van der Waals surface area contributed by atoms with Gasteiger partial charge in [0.2, 0.25) is 0 Å². The van der Waals surface area contributed by atoms with Gasteiger partial charge >= 0.3 is 5.69 Å². The van der Waals surface area contributed by atoms with Crippen molar-refractivity contribution in [2.75, 3.05) is 12.4 Å². The number of rotatable bonds is 2. The molecule has 0 amide bonds. The van der Waals surface area contributed by atoms with Crippen molar-refractivity contribution in [3.05, 3.63) is 63.5 Å². The third-order valence-electron chi connectivity index (χ3n) is 4.19. The van der Waals surface area contributed by atoms with E-state index >= 15 is 0 Å².